The summed E-state index contributed by atoms with van der Waals surface area (Å²) in [4.78, 5) is 10.8. The lowest BCUT2D eigenvalue weighted by atomic mass is 10.0. The average molecular weight is 202 g/mol. The molecule has 1 atom stereocenters. The van der Waals surface area contributed by atoms with E-state index in [1.165, 1.54) is 0 Å². The second kappa shape index (κ2) is 4.37. The third-order valence-corrected chi connectivity index (χ3v) is 2.77. The van der Waals surface area contributed by atoms with Gasteiger partial charge in [-0.25, -0.2) is 9.97 Å². The highest BCUT2D eigenvalue weighted by Gasteiger charge is 2.22. The molecule has 0 amide bonds. The fraction of sp³-hybridized carbons (Fsp3) is 0.545. The molecule has 0 aliphatic carbocycles. The predicted molar refractivity (Wildman–Crippen MR) is 56.2 cm³/mol. The summed E-state index contributed by atoms with van der Waals surface area (Å²) in [6.45, 7) is 2.19. The number of hydrogen-bond donors (Lipinski definition) is 0. The minimum atomic E-state index is 0.302. The summed E-state index contributed by atoms with van der Waals surface area (Å²) < 4.78 is 0. The van der Waals surface area contributed by atoms with Gasteiger partial charge < -0.3 is 4.90 Å². The van der Waals surface area contributed by atoms with Crippen LogP contribution in [0.2, 0.25) is 0 Å². The van der Waals surface area contributed by atoms with Gasteiger partial charge in [-0.1, -0.05) is 0 Å². The number of aromatic nitrogens is 2. The van der Waals surface area contributed by atoms with E-state index < -0.39 is 0 Å². The lowest BCUT2D eigenvalue weighted by Gasteiger charge is -2.09. The first-order valence-corrected chi connectivity index (χ1v) is 5.17. The van der Waals surface area contributed by atoms with Gasteiger partial charge in [0.1, 0.15) is 5.82 Å². The molecule has 1 saturated heterocycles. The molecule has 0 saturated carbocycles. The molecule has 1 aliphatic heterocycles. The first-order valence-electron chi connectivity index (χ1n) is 5.17. The van der Waals surface area contributed by atoms with Gasteiger partial charge in [0.2, 0.25) is 0 Å². The molecular formula is C11H14N4. The van der Waals surface area contributed by atoms with Crippen LogP contribution < -0.4 is 0 Å². The van der Waals surface area contributed by atoms with Crippen molar-refractivity contribution in [3.8, 4) is 6.07 Å². The third-order valence-electron chi connectivity index (χ3n) is 2.77. The molecule has 0 N–H and O–H groups in total. The Hall–Kier alpha value is -1.47. The Balaban J connectivity index is 2.15. The van der Waals surface area contributed by atoms with Crippen molar-refractivity contribution in [2.24, 2.45) is 0 Å². The van der Waals surface area contributed by atoms with Crippen LogP contribution in [0.4, 0.5) is 0 Å². The number of nitrogens with zero attached hydrogens (tertiary/aromatic N) is 4. The fourth-order valence-corrected chi connectivity index (χ4v) is 1.97. The Labute approximate surface area is 89.6 Å². The number of rotatable bonds is 2. The molecule has 0 aromatic carbocycles. The Morgan fingerprint density at radius 2 is 2.53 bits per heavy atom. The lowest BCUT2D eigenvalue weighted by molar-refractivity contribution is 0.410. The van der Waals surface area contributed by atoms with E-state index in [0.29, 0.717) is 18.2 Å². The minimum Gasteiger partial charge on any atom is -0.306 e. The standard InChI is InChI=1S/C11H14N4/c1-15-7-4-9(8-15)10-3-6-13-11(14-10)2-5-12/h3,6,9H,2,4,7-8H2,1H3. The van der Waals surface area contributed by atoms with Gasteiger partial charge in [0, 0.05) is 24.4 Å². The lowest BCUT2D eigenvalue weighted by Crippen LogP contribution is -2.14. The third kappa shape index (κ3) is 2.31. The van der Waals surface area contributed by atoms with Crippen LogP contribution in [0.25, 0.3) is 0 Å². The van der Waals surface area contributed by atoms with E-state index in [1.54, 1.807) is 6.20 Å². The highest BCUT2D eigenvalue weighted by atomic mass is 15.1. The van der Waals surface area contributed by atoms with E-state index in [4.69, 9.17) is 5.26 Å². The Morgan fingerprint density at radius 3 is 3.20 bits per heavy atom. The minimum absolute atomic E-state index is 0.302. The van der Waals surface area contributed by atoms with Gasteiger partial charge in [-0.05, 0) is 26.1 Å². The fourth-order valence-electron chi connectivity index (χ4n) is 1.97. The normalized spacial score (nSPS) is 21.5. The van der Waals surface area contributed by atoms with Crippen molar-refractivity contribution in [3.05, 3.63) is 23.8 Å². The van der Waals surface area contributed by atoms with Crippen LogP contribution in [0, 0.1) is 11.3 Å². The summed E-state index contributed by atoms with van der Waals surface area (Å²) in [6, 6.07) is 4.04. The van der Waals surface area contributed by atoms with Crippen molar-refractivity contribution >= 4 is 0 Å². The largest absolute Gasteiger partial charge is 0.306 e. The van der Waals surface area contributed by atoms with Crippen LogP contribution in [0.15, 0.2) is 12.3 Å². The van der Waals surface area contributed by atoms with Gasteiger partial charge in [0.15, 0.2) is 0 Å². The molecule has 1 aromatic heterocycles. The Kier molecular flexibility index (Phi) is 2.93. The zero-order valence-electron chi connectivity index (χ0n) is 8.85. The predicted octanol–water partition coefficient (Wildman–Crippen LogP) is 0.962. The van der Waals surface area contributed by atoms with Crippen LogP contribution in [0.5, 0.6) is 0 Å². The van der Waals surface area contributed by atoms with Crippen molar-refractivity contribution in [1.29, 1.82) is 5.26 Å². The second-order valence-corrected chi connectivity index (χ2v) is 3.98. The molecule has 4 heteroatoms. The first kappa shape index (κ1) is 10.1. The Bertz CT molecular complexity index is 382. The van der Waals surface area contributed by atoms with Gasteiger partial charge in [-0.15, -0.1) is 0 Å². The van der Waals surface area contributed by atoms with Crippen molar-refractivity contribution in [3.63, 3.8) is 0 Å². The summed E-state index contributed by atoms with van der Waals surface area (Å²) in [5.41, 5.74) is 1.08. The van der Waals surface area contributed by atoms with Crippen LogP contribution in [-0.4, -0.2) is 35.0 Å². The number of likely N-dealkylation sites (N-methyl/N-ethyl adjacent to an activating group) is 1. The summed E-state index contributed by atoms with van der Waals surface area (Å²) >= 11 is 0. The first-order chi connectivity index (χ1) is 7.29. The molecular weight excluding hydrogens is 188 g/mol. The molecule has 0 bridgehead atoms. The van der Waals surface area contributed by atoms with Crippen molar-refractivity contribution in [2.75, 3.05) is 20.1 Å². The average Bonchev–Trinajstić information content (AvgIpc) is 2.66. The second-order valence-electron chi connectivity index (χ2n) is 3.98. The van der Waals surface area contributed by atoms with Crippen LogP contribution in [0.1, 0.15) is 23.9 Å². The number of likely N-dealkylation sites (tertiary alicyclic amines) is 1. The molecule has 2 heterocycles. The monoisotopic (exact) mass is 202 g/mol. The molecule has 2 rings (SSSR count). The molecule has 78 valence electrons. The topological polar surface area (TPSA) is 52.8 Å². The maximum Gasteiger partial charge on any atom is 0.142 e. The maximum absolute atomic E-state index is 8.58. The summed E-state index contributed by atoms with van der Waals surface area (Å²) in [5.74, 6) is 1.15. The van der Waals surface area contributed by atoms with Crippen molar-refractivity contribution in [2.45, 2.75) is 18.8 Å². The van der Waals surface area contributed by atoms with E-state index in [1.807, 2.05) is 6.07 Å². The smallest absolute Gasteiger partial charge is 0.142 e. The molecule has 1 unspecified atom stereocenters. The molecule has 1 fully saturated rings. The summed E-state index contributed by atoms with van der Waals surface area (Å²) in [5, 5.41) is 8.58. The quantitative estimate of drug-likeness (QED) is 0.716. The number of nitriles is 1. The highest BCUT2D eigenvalue weighted by molar-refractivity contribution is 5.12. The van der Waals surface area contributed by atoms with E-state index in [2.05, 4.69) is 28.0 Å². The van der Waals surface area contributed by atoms with Crippen LogP contribution in [0.3, 0.4) is 0 Å². The zero-order valence-corrected chi connectivity index (χ0v) is 8.85. The molecule has 1 aromatic rings. The van der Waals surface area contributed by atoms with Gasteiger partial charge >= 0.3 is 0 Å². The van der Waals surface area contributed by atoms with E-state index in [-0.39, 0.29) is 0 Å². The van der Waals surface area contributed by atoms with Gasteiger partial charge in [-0.2, -0.15) is 5.26 Å². The SMILES string of the molecule is CN1CCC(c2ccnc(CC#N)n2)C1. The maximum atomic E-state index is 8.58. The van der Waals surface area contributed by atoms with E-state index in [0.717, 1.165) is 25.2 Å². The molecule has 0 radical (unpaired) electrons. The Morgan fingerprint density at radius 1 is 1.67 bits per heavy atom. The van der Waals surface area contributed by atoms with Gasteiger partial charge in [-0.3, -0.25) is 0 Å². The molecule has 4 nitrogen and oxygen atoms in total. The highest BCUT2D eigenvalue weighted by Crippen LogP contribution is 2.24. The molecule has 1 aliphatic rings. The van der Waals surface area contributed by atoms with E-state index >= 15 is 0 Å². The van der Waals surface area contributed by atoms with Crippen molar-refractivity contribution in [1.82, 2.24) is 14.9 Å². The summed E-state index contributed by atoms with van der Waals surface area (Å²) in [7, 11) is 2.12. The van der Waals surface area contributed by atoms with Crippen LogP contribution in [-0.2, 0) is 6.42 Å². The van der Waals surface area contributed by atoms with Gasteiger partial charge in [0.05, 0.1) is 12.5 Å². The van der Waals surface area contributed by atoms with Crippen molar-refractivity contribution < 1.29 is 0 Å². The molecule has 15 heavy (non-hydrogen) atoms. The van der Waals surface area contributed by atoms with E-state index in [9.17, 15) is 0 Å². The molecule has 0 spiro atoms. The van der Waals surface area contributed by atoms with Gasteiger partial charge in [0.25, 0.3) is 0 Å². The van der Waals surface area contributed by atoms with Crippen LogP contribution >= 0.6 is 0 Å². The summed E-state index contributed by atoms with van der Waals surface area (Å²) in [6.07, 6.45) is 3.21. The number of hydrogen-bond acceptors (Lipinski definition) is 4. The zero-order chi connectivity index (χ0) is 10.7.